The van der Waals surface area contributed by atoms with E-state index < -0.39 is 0 Å². The molecule has 1 fully saturated rings. The van der Waals surface area contributed by atoms with Gasteiger partial charge in [-0.05, 0) is 6.42 Å². The van der Waals surface area contributed by atoms with Crippen LogP contribution >= 0.6 is 0 Å². The molecule has 0 aromatic rings. The Labute approximate surface area is 103 Å². The van der Waals surface area contributed by atoms with Crippen molar-refractivity contribution in [3.05, 3.63) is 0 Å². The van der Waals surface area contributed by atoms with Gasteiger partial charge in [0.05, 0.1) is 0 Å². The lowest BCUT2D eigenvalue weighted by molar-refractivity contribution is -0.141. The van der Waals surface area contributed by atoms with E-state index in [1.807, 2.05) is 0 Å². The van der Waals surface area contributed by atoms with Gasteiger partial charge in [0.2, 0.25) is 11.8 Å². The molecule has 0 bridgehead atoms. The van der Waals surface area contributed by atoms with E-state index in [1.165, 1.54) is 0 Å². The van der Waals surface area contributed by atoms with Crippen LogP contribution < -0.4 is 10.6 Å². The van der Waals surface area contributed by atoms with E-state index in [-0.39, 0.29) is 17.9 Å². The van der Waals surface area contributed by atoms with Crippen LogP contribution in [0.2, 0.25) is 0 Å². The number of hydrogen-bond donors (Lipinski definition) is 2. The van der Waals surface area contributed by atoms with Gasteiger partial charge in [0.1, 0.15) is 6.04 Å². The Bertz CT molecular complexity index is 268. The third-order valence-corrected chi connectivity index (χ3v) is 3.11. The third-order valence-electron chi connectivity index (χ3n) is 3.11. The third kappa shape index (κ3) is 4.00. The highest BCUT2D eigenvalue weighted by atomic mass is 16.2. The molecule has 5 heteroatoms. The molecule has 5 nitrogen and oxygen atoms in total. The minimum atomic E-state index is -0.345. The van der Waals surface area contributed by atoms with Crippen molar-refractivity contribution in [1.82, 2.24) is 15.5 Å². The molecule has 1 atom stereocenters. The number of nitrogens with one attached hydrogen (secondary N) is 2. The largest absolute Gasteiger partial charge is 0.357 e. The van der Waals surface area contributed by atoms with Crippen LogP contribution in [0.1, 0.15) is 32.6 Å². The maximum atomic E-state index is 12.0. The first-order valence-corrected chi connectivity index (χ1v) is 6.42. The number of nitrogens with zero attached hydrogens (tertiary/aromatic N) is 1. The number of likely N-dealkylation sites (N-methyl/N-ethyl adjacent to an activating group) is 1. The highest BCUT2D eigenvalue weighted by Gasteiger charge is 2.30. The van der Waals surface area contributed by atoms with Crippen LogP contribution in [0.25, 0.3) is 0 Å². The van der Waals surface area contributed by atoms with E-state index in [9.17, 15) is 9.59 Å². The molecule has 2 amide bonds. The Morgan fingerprint density at radius 2 is 2.18 bits per heavy atom. The minimum Gasteiger partial charge on any atom is -0.357 e. The highest BCUT2D eigenvalue weighted by molar-refractivity contribution is 5.88. The molecule has 17 heavy (non-hydrogen) atoms. The first-order chi connectivity index (χ1) is 8.20. The second-order valence-corrected chi connectivity index (χ2v) is 4.38. The van der Waals surface area contributed by atoms with E-state index in [2.05, 4.69) is 17.6 Å². The van der Waals surface area contributed by atoms with Crippen LogP contribution in [-0.4, -0.2) is 49.4 Å². The fraction of sp³-hybridized carbons (Fsp3) is 0.833. The molecule has 0 saturated carbocycles. The Balaban J connectivity index is 2.52. The number of piperazine rings is 1. The van der Waals surface area contributed by atoms with Crippen molar-refractivity contribution in [2.24, 2.45) is 0 Å². The summed E-state index contributed by atoms with van der Waals surface area (Å²) >= 11 is 0. The van der Waals surface area contributed by atoms with Crippen LogP contribution in [0.4, 0.5) is 0 Å². The van der Waals surface area contributed by atoms with Crippen LogP contribution in [0.15, 0.2) is 0 Å². The number of carbonyl (C=O) groups excluding carboxylic acids is 2. The molecule has 0 spiro atoms. The zero-order valence-corrected chi connectivity index (χ0v) is 10.8. The molecule has 1 rings (SSSR count). The number of unbranched alkanes of at least 4 members (excludes halogenated alkanes) is 2. The maximum Gasteiger partial charge on any atom is 0.243 e. The van der Waals surface area contributed by atoms with Gasteiger partial charge < -0.3 is 15.5 Å². The summed E-state index contributed by atoms with van der Waals surface area (Å²) in [7, 11) is 1.61. The maximum absolute atomic E-state index is 12.0. The summed E-state index contributed by atoms with van der Waals surface area (Å²) in [6.45, 7) is 4.07. The molecule has 1 heterocycles. The molecule has 98 valence electrons. The van der Waals surface area contributed by atoms with Gasteiger partial charge in [-0.1, -0.05) is 19.8 Å². The smallest absolute Gasteiger partial charge is 0.243 e. The van der Waals surface area contributed by atoms with Crippen molar-refractivity contribution < 1.29 is 9.59 Å². The Hall–Kier alpha value is -1.10. The zero-order valence-electron chi connectivity index (χ0n) is 10.8. The summed E-state index contributed by atoms with van der Waals surface area (Å²) in [5, 5.41) is 5.76. The summed E-state index contributed by atoms with van der Waals surface area (Å²) in [5.41, 5.74) is 0. The van der Waals surface area contributed by atoms with Gasteiger partial charge in [0.15, 0.2) is 0 Å². The Morgan fingerprint density at radius 3 is 2.82 bits per heavy atom. The predicted molar refractivity (Wildman–Crippen MR) is 66.6 cm³/mol. The monoisotopic (exact) mass is 241 g/mol. The number of amides is 2. The summed E-state index contributed by atoms with van der Waals surface area (Å²) in [6, 6.07) is -0.345. The first-order valence-electron chi connectivity index (χ1n) is 6.42. The standard InChI is InChI=1S/C12H23N3O2/c1-3-4-5-6-11(16)15-8-7-14-9-10(15)12(17)13-2/h10,14H,3-9H2,1-2H3,(H,13,17). The van der Waals surface area contributed by atoms with Crippen molar-refractivity contribution in [3.63, 3.8) is 0 Å². The number of rotatable bonds is 5. The Kier molecular flexibility index (Phi) is 5.97. The molecule has 0 radical (unpaired) electrons. The fourth-order valence-corrected chi connectivity index (χ4v) is 2.07. The lowest BCUT2D eigenvalue weighted by atomic mass is 10.1. The van der Waals surface area contributed by atoms with Gasteiger partial charge in [-0.15, -0.1) is 0 Å². The fourth-order valence-electron chi connectivity index (χ4n) is 2.07. The SMILES string of the molecule is CCCCCC(=O)N1CCNCC1C(=O)NC. The van der Waals surface area contributed by atoms with Crippen molar-refractivity contribution in [2.45, 2.75) is 38.6 Å². The zero-order chi connectivity index (χ0) is 12.7. The van der Waals surface area contributed by atoms with E-state index >= 15 is 0 Å². The second-order valence-electron chi connectivity index (χ2n) is 4.38. The van der Waals surface area contributed by atoms with Gasteiger partial charge in [0.25, 0.3) is 0 Å². The lowest BCUT2D eigenvalue weighted by Gasteiger charge is -2.35. The summed E-state index contributed by atoms with van der Waals surface area (Å²) in [5.74, 6) is 0.0228. The molecule has 1 aliphatic rings. The van der Waals surface area contributed by atoms with Crippen LogP contribution in [-0.2, 0) is 9.59 Å². The summed E-state index contributed by atoms with van der Waals surface area (Å²) in [6.07, 6.45) is 3.65. The molecule has 0 aliphatic carbocycles. The van der Waals surface area contributed by atoms with Gasteiger partial charge >= 0.3 is 0 Å². The van der Waals surface area contributed by atoms with Crippen molar-refractivity contribution in [1.29, 1.82) is 0 Å². The van der Waals surface area contributed by atoms with E-state index in [0.29, 0.717) is 19.5 Å². The van der Waals surface area contributed by atoms with E-state index in [4.69, 9.17) is 0 Å². The van der Waals surface area contributed by atoms with Crippen LogP contribution in [0, 0.1) is 0 Å². The molecule has 1 unspecified atom stereocenters. The summed E-state index contributed by atoms with van der Waals surface area (Å²) in [4.78, 5) is 25.4. The van der Waals surface area contributed by atoms with Crippen molar-refractivity contribution >= 4 is 11.8 Å². The van der Waals surface area contributed by atoms with Gasteiger partial charge in [-0.2, -0.15) is 0 Å². The quantitative estimate of drug-likeness (QED) is 0.672. The first kappa shape index (κ1) is 14.0. The average Bonchev–Trinajstić information content (AvgIpc) is 2.38. The minimum absolute atomic E-state index is 0.0824. The molecule has 0 aromatic heterocycles. The van der Waals surface area contributed by atoms with Gasteiger partial charge in [-0.3, -0.25) is 9.59 Å². The van der Waals surface area contributed by atoms with E-state index in [1.54, 1.807) is 11.9 Å². The predicted octanol–water partition coefficient (Wildman–Crippen LogP) is 0.113. The van der Waals surface area contributed by atoms with Crippen molar-refractivity contribution in [3.8, 4) is 0 Å². The lowest BCUT2D eigenvalue weighted by Crippen LogP contribution is -2.59. The molecular formula is C12H23N3O2. The molecule has 0 aromatic carbocycles. The van der Waals surface area contributed by atoms with Gasteiger partial charge in [0, 0.05) is 33.1 Å². The molecular weight excluding hydrogens is 218 g/mol. The normalized spacial score (nSPS) is 20.1. The van der Waals surface area contributed by atoms with Crippen LogP contribution in [0.5, 0.6) is 0 Å². The number of carbonyl (C=O) groups is 2. The average molecular weight is 241 g/mol. The summed E-state index contributed by atoms with van der Waals surface area (Å²) < 4.78 is 0. The van der Waals surface area contributed by atoms with Crippen molar-refractivity contribution in [2.75, 3.05) is 26.7 Å². The van der Waals surface area contributed by atoms with E-state index in [0.717, 1.165) is 25.8 Å². The Morgan fingerprint density at radius 1 is 1.41 bits per heavy atom. The molecule has 2 N–H and O–H groups in total. The number of hydrogen-bond acceptors (Lipinski definition) is 3. The van der Waals surface area contributed by atoms with Gasteiger partial charge in [-0.25, -0.2) is 0 Å². The molecule has 1 saturated heterocycles. The second kappa shape index (κ2) is 7.27. The molecule has 1 aliphatic heterocycles. The van der Waals surface area contributed by atoms with Crippen LogP contribution in [0.3, 0.4) is 0 Å². The highest BCUT2D eigenvalue weighted by Crippen LogP contribution is 2.09. The topological polar surface area (TPSA) is 61.4 Å².